The highest BCUT2D eigenvalue weighted by Gasteiger charge is 2.25. The second kappa shape index (κ2) is 8.36. The number of esters is 1. The summed E-state index contributed by atoms with van der Waals surface area (Å²) in [6.45, 7) is 0.665. The fourth-order valence-electron chi connectivity index (χ4n) is 2.11. The Morgan fingerprint density at radius 3 is 2.86 bits per heavy atom. The van der Waals surface area contributed by atoms with Gasteiger partial charge in [-0.2, -0.15) is 0 Å². The molecule has 1 atom stereocenters. The Balaban J connectivity index is 1.66. The molecule has 1 saturated heterocycles. The number of nitrogens with one attached hydrogen (secondary N) is 1. The first-order valence-electron chi connectivity index (χ1n) is 7.05. The number of amides is 1. The Morgan fingerprint density at radius 1 is 1.36 bits per heavy atom. The number of ether oxygens (including phenoxy) is 2. The standard InChI is InChI=1S/C15H17Cl2NO4/c16-11-4-3-10(12(17)8-11)5-6-18-14(19)9-22-15(20)13-2-1-7-21-13/h3-4,8,13H,1-2,5-7,9H2,(H,18,19)/t13-/m1/s1. The van der Waals surface area contributed by atoms with Gasteiger partial charge in [0.15, 0.2) is 12.7 Å². The zero-order valence-electron chi connectivity index (χ0n) is 11.9. The maximum Gasteiger partial charge on any atom is 0.335 e. The first-order valence-corrected chi connectivity index (χ1v) is 7.80. The van der Waals surface area contributed by atoms with Gasteiger partial charge in [-0.05, 0) is 37.0 Å². The Hall–Kier alpha value is -1.30. The van der Waals surface area contributed by atoms with Crippen LogP contribution in [-0.2, 0) is 25.5 Å². The predicted octanol–water partition coefficient (Wildman–Crippen LogP) is 2.37. The van der Waals surface area contributed by atoms with E-state index < -0.39 is 12.1 Å². The molecule has 0 spiro atoms. The van der Waals surface area contributed by atoms with Gasteiger partial charge in [0.2, 0.25) is 0 Å². The molecule has 5 nitrogen and oxygen atoms in total. The van der Waals surface area contributed by atoms with Crippen LogP contribution in [0.15, 0.2) is 18.2 Å². The third kappa shape index (κ3) is 5.16. The average Bonchev–Trinajstić information content (AvgIpc) is 3.01. The van der Waals surface area contributed by atoms with E-state index in [0.717, 1.165) is 12.0 Å². The molecule has 1 fully saturated rings. The minimum atomic E-state index is -0.527. The number of hydrogen-bond acceptors (Lipinski definition) is 4. The van der Waals surface area contributed by atoms with Crippen LogP contribution in [0.4, 0.5) is 0 Å². The van der Waals surface area contributed by atoms with E-state index in [4.69, 9.17) is 32.7 Å². The Kier molecular flexibility index (Phi) is 6.49. The maximum atomic E-state index is 11.6. The Bertz CT molecular complexity index is 544. The zero-order chi connectivity index (χ0) is 15.9. The van der Waals surface area contributed by atoms with E-state index in [-0.39, 0.29) is 12.5 Å². The molecule has 2 rings (SSSR count). The molecule has 0 unspecified atom stereocenters. The summed E-state index contributed by atoms with van der Waals surface area (Å²) in [7, 11) is 0. The molecular formula is C15H17Cl2NO4. The number of halogens is 2. The second-order valence-corrected chi connectivity index (χ2v) is 5.79. The summed E-state index contributed by atoms with van der Waals surface area (Å²) in [5, 5.41) is 3.80. The lowest BCUT2D eigenvalue weighted by atomic mass is 10.1. The van der Waals surface area contributed by atoms with E-state index in [1.807, 2.05) is 6.07 Å². The van der Waals surface area contributed by atoms with Gasteiger partial charge in [-0.25, -0.2) is 4.79 Å². The first kappa shape index (κ1) is 17.1. The molecule has 0 saturated carbocycles. The molecule has 1 aliphatic heterocycles. The Labute approximate surface area is 138 Å². The third-order valence-corrected chi connectivity index (χ3v) is 3.86. The van der Waals surface area contributed by atoms with Gasteiger partial charge in [-0.15, -0.1) is 0 Å². The maximum absolute atomic E-state index is 11.6. The number of hydrogen-bond donors (Lipinski definition) is 1. The number of carbonyl (C=O) groups excluding carboxylic acids is 2. The van der Waals surface area contributed by atoms with Crippen molar-refractivity contribution in [1.82, 2.24) is 5.32 Å². The van der Waals surface area contributed by atoms with Crippen LogP contribution in [0, 0.1) is 0 Å². The van der Waals surface area contributed by atoms with Crippen LogP contribution < -0.4 is 5.32 Å². The lowest BCUT2D eigenvalue weighted by Crippen LogP contribution is -2.32. The summed E-state index contributed by atoms with van der Waals surface area (Å²) in [6.07, 6.45) is 1.53. The van der Waals surface area contributed by atoms with Crippen LogP contribution in [0.5, 0.6) is 0 Å². The molecule has 0 aromatic heterocycles. The Morgan fingerprint density at radius 2 is 2.18 bits per heavy atom. The van der Waals surface area contributed by atoms with Gasteiger partial charge in [0.05, 0.1) is 0 Å². The second-order valence-electron chi connectivity index (χ2n) is 4.95. The lowest BCUT2D eigenvalue weighted by Gasteiger charge is -2.10. The van der Waals surface area contributed by atoms with Crippen molar-refractivity contribution in [2.75, 3.05) is 19.8 Å². The van der Waals surface area contributed by atoms with Crippen molar-refractivity contribution in [3.63, 3.8) is 0 Å². The van der Waals surface area contributed by atoms with Crippen LogP contribution in [-0.4, -0.2) is 37.7 Å². The summed E-state index contributed by atoms with van der Waals surface area (Å²) in [4.78, 5) is 23.2. The molecule has 0 bridgehead atoms. The quantitative estimate of drug-likeness (QED) is 0.804. The fourth-order valence-corrected chi connectivity index (χ4v) is 2.61. The van der Waals surface area contributed by atoms with Crippen LogP contribution >= 0.6 is 23.2 Å². The van der Waals surface area contributed by atoms with E-state index in [0.29, 0.717) is 36.0 Å². The first-order chi connectivity index (χ1) is 10.6. The zero-order valence-corrected chi connectivity index (χ0v) is 13.5. The van der Waals surface area contributed by atoms with E-state index >= 15 is 0 Å². The van der Waals surface area contributed by atoms with Gasteiger partial charge < -0.3 is 14.8 Å². The van der Waals surface area contributed by atoms with Gasteiger partial charge in [0.1, 0.15) is 0 Å². The van der Waals surface area contributed by atoms with Crippen LogP contribution in [0.25, 0.3) is 0 Å². The summed E-state index contributed by atoms with van der Waals surface area (Å²) < 4.78 is 10.1. The normalized spacial score (nSPS) is 17.3. The molecule has 1 amide bonds. The molecule has 22 heavy (non-hydrogen) atoms. The van der Waals surface area contributed by atoms with Crippen LogP contribution in [0.2, 0.25) is 10.0 Å². The lowest BCUT2D eigenvalue weighted by molar-refractivity contribution is -0.157. The summed E-state index contributed by atoms with van der Waals surface area (Å²) >= 11 is 11.9. The molecule has 7 heteroatoms. The van der Waals surface area contributed by atoms with Gasteiger partial charge in [-0.1, -0.05) is 29.3 Å². The van der Waals surface area contributed by atoms with Gasteiger partial charge in [-0.3, -0.25) is 4.79 Å². The number of carbonyl (C=O) groups is 2. The third-order valence-electron chi connectivity index (χ3n) is 3.27. The fraction of sp³-hybridized carbons (Fsp3) is 0.467. The predicted molar refractivity (Wildman–Crippen MR) is 83.1 cm³/mol. The number of rotatable bonds is 6. The summed E-state index contributed by atoms with van der Waals surface area (Å²) in [5.41, 5.74) is 0.891. The monoisotopic (exact) mass is 345 g/mol. The summed E-state index contributed by atoms with van der Waals surface area (Å²) in [6, 6.07) is 5.21. The molecular weight excluding hydrogens is 329 g/mol. The topological polar surface area (TPSA) is 64.6 Å². The van der Waals surface area contributed by atoms with Crippen molar-refractivity contribution in [3.8, 4) is 0 Å². The minimum Gasteiger partial charge on any atom is -0.454 e. The number of benzene rings is 1. The smallest absolute Gasteiger partial charge is 0.335 e. The summed E-state index contributed by atoms with van der Waals surface area (Å²) in [5.74, 6) is -0.829. The van der Waals surface area contributed by atoms with Crippen LogP contribution in [0.1, 0.15) is 18.4 Å². The molecule has 0 radical (unpaired) electrons. The van der Waals surface area contributed by atoms with E-state index in [2.05, 4.69) is 5.32 Å². The van der Waals surface area contributed by atoms with Gasteiger partial charge in [0, 0.05) is 23.2 Å². The van der Waals surface area contributed by atoms with Gasteiger partial charge >= 0.3 is 5.97 Å². The van der Waals surface area contributed by atoms with Crippen molar-refractivity contribution >= 4 is 35.1 Å². The van der Waals surface area contributed by atoms with Crippen molar-refractivity contribution in [2.45, 2.75) is 25.4 Å². The average molecular weight is 346 g/mol. The van der Waals surface area contributed by atoms with E-state index in [9.17, 15) is 9.59 Å². The SMILES string of the molecule is O=C(COC(=O)[C@H]1CCCO1)NCCc1ccc(Cl)cc1Cl. The molecule has 1 heterocycles. The highest BCUT2D eigenvalue weighted by molar-refractivity contribution is 6.35. The molecule has 0 aliphatic carbocycles. The largest absolute Gasteiger partial charge is 0.454 e. The molecule has 1 aromatic rings. The highest BCUT2D eigenvalue weighted by atomic mass is 35.5. The highest BCUT2D eigenvalue weighted by Crippen LogP contribution is 2.21. The van der Waals surface area contributed by atoms with Crippen molar-refractivity contribution in [3.05, 3.63) is 33.8 Å². The van der Waals surface area contributed by atoms with E-state index in [1.54, 1.807) is 12.1 Å². The van der Waals surface area contributed by atoms with Crippen molar-refractivity contribution < 1.29 is 19.1 Å². The molecule has 1 N–H and O–H groups in total. The van der Waals surface area contributed by atoms with Gasteiger partial charge in [0.25, 0.3) is 5.91 Å². The van der Waals surface area contributed by atoms with Crippen LogP contribution in [0.3, 0.4) is 0 Å². The molecule has 1 aromatic carbocycles. The minimum absolute atomic E-state index is 0.299. The van der Waals surface area contributed by atoms with Crippen molar-refractivity contribution in [2.24, 2.45) is 0 Å². The van der Waals surface area contributed by atoms with Crippen molar-refractivity contribution in [1.29, 1.82) is 0 Å². The van der Waals surface area contributed by atoms with E-state index in [1.165, 1.54) is 0 Å². The molecule has 120 valence electrons. The molecule has 1 aliphatic rings.